The number of hydrogen-bond donors (Lipinski definition) is 2. The number of halogens is 2. The summed E-state index contributed by atoms with van der Waals surface area (Å²) in [5.74, 6) is 0.666. The van der Waals surface area contributed by atoms with Crippen molar-refractivity contribution in [3.05, 3.63) is 35.8 Å². The van der Waals surface area contributed by atoms with Crippen LogP contribution in [0.25, 0.3) is 27.9 Å². The number of aromatic nitrogens is 6. The van der Waals surface area contributed by atoms with Gasteiger partial charge in [-0.3, -0.25) is 9.61 Å². The van der Waals surface area contributed by atoms with Crippen LogP contribution in [0.3, 0.4) is 0 Å². The lowest BCUT2D eigenvalue weighted by atomic mass is 9.93. The molecule has 0 saturated heterocycles. The highest BCUT2D eigenvalue weighted by Gasteiger charge is 2.21. The monoisotopic (exact) mass is 457 g/mol. The summed E-state index contributed by atoms with van der Waals surface area (Å²) in [6.07, 6.45) is 1.56. The molecule has 1 saturated carbocycles. The van der Waals surface area contributed by atoms with E-state index in [9.17, 15) is 8.78 Å². The van der Waals surface area contributed by atoms with Crippen LogP contribution in [-0.4, -0.2) is 54.8 Å². The van der Waals surface area contributed by atoms with Crippen LogP contribution in [0.5, 0.6) is 0 Å². The topological polar surface area (TPSA) is 111 Å². The Morgan fingerprint density at radius 3 is 2.76 bits per heavy atom. The first kappa shape index (κ1) is 20.3. The van der Waals surface area contributed by atoms with Crippen molar-refractivity contribution in [3.8, 4) is 11.3 Å². The summed E-state index contributed by atoms with van der Waals surface area (Å²) in [4.78, 5) is 18.0. The zero-order chi connectivity index (χ0) is 24.0. The van der Waals surface area contributed by atoms with E-state index in [1.807, 2.05) is 0 Å². The summed E-state index contributed by atoms with van der Waals surface area (Å²) in [6, 6.07) is 5.19. The van der Waals surface area contributed by atoms with Crippen LogP contribution in [0.4, 0.5) is 14.6 Å². The number of fused-ring (bicyclic) bond motifs is 2. The van der Waals surface area contributed by atoms with E-state index in [2.05, 4.69) is 20.1 Å². The summed E-state index contributed by atoms with van der Waals surface area (Å²) in [6.45, 7) is 1.18. The first-order chi connectivity index (χ1) is 16.3. The van der Waals surface area contributed by atoms with Gasteiger partial charge in [-0.25, -0.2) is 23.7 Å². The van der Waals surface area contributed by atoms with Gasteiger partial charge in [0.2, 0.25) is 5.62 Å². The summed E-state index contributed by atoms with van der Waals surface area (Å²) >= 11 is 0. The molecule has 11 heteroatoms. The molecule has 0 aliphatic heterocycles. The number of imidazole rings is 1. The van der Waals surface area contributed by atoms with E-state index in [0.717, 1.165) is 25.7 Å². The molecule has 33 heavy (non-hydrogen) atoms. The van der Waals surface area contributed by atoms with Gasteiger partial charge >= 0.3 is 0 Å². The van der Waals surface area contributed by atoms with E-state index in [1.165, 1.54) is 9.08 Å². The Balaban J connectivity index is 1.56. The predicted octanol–water partition coefficient (Wildman–Crippen LogP) is 3.09. The molecule has 0 bridgehead atoms. The molecule has 4 heterocycles. The van der Waals surface area contributed by atoms with Crippen molar-refractivity contribution in [3.63, 3.8) is 0 Å². The van der Waals surface area contributed by atoms with Gasteiger partial charge in [0.05, 0.1) is 25.8 Å². The normalized spacial score (nSPS) is 20.3. The number of aryl methyl sites for hydroxylation is 1. The number of aromatic amines is 1. The molecule has 1 aliphatic rings. The molecule has 4 aromatic rings. The average molecular weight is 458 g/mol. The largest absolute Gasteiger partial charge is 0.382 e. The van der Waals surface area contributed by atoms with Crippen molar-refractivity contribution >= 4 is 22.5 Å². The Labute approximate surface area is 189 Å². The Morgan fingerprint density at radius 2 is 2.03 bits per heavy atom. The molecular formula is C22H26F2N8O. The number of nitrogen functional groups attached to an aromatic ring is 1. The van der Waals surface area contributed by atoms with Crippen LogP contribution < -0.4 is 11.4 Å². The van der Waals surface area contributed by atoms with E-state index >= 15 is 0 Å². The molecule has 0 spiro atoms. The fourth-order valence-electron chi connectivity index (χ4n) is 4.47. The molecule has 3 N–H and O–H groups in total. The van der Waals surface area contributed by atoms with Crippen molar-refractivity contribution in [1.82, 2.24) is 29.1 Å². The minimum absolute atomic E-state index is 0.110. The fourth-order valence-corrected chi connectivity index (χ4v) is 4.47. The first-order valence-corrected chi connectivity index (χ1v) is 10.9. The molecule has 1 fully saturated rings. The van der Waals surface area contributed by atoms with Crippen LogP contribution in [0, 0.1) is 6.92 Å². The molecule has 9 nitrogen and oxygen atoms in total. The number of pyridine rings is 1. The Morgan fingerprint density at radius 1 is 1.24 bits per heavy atom. The van der Waals surface area contributed by atoms with E-state index in [-0.39, 0.29) is 24.1 Å². The molecule has 0 unspecified atom stereocenters. The number of nitrogens with one attached hydrogen (secondary N) is 1. The average Bonchev–Trinajstić information content (AvgIpc) is 3.30. The van der Waals surface area contributed by atoms with Gasteiger partial charge in [-0.1, -0.05) is 0 Å². The number of alkyl halides is 2. The third-order valence-electron chi connectivity index (χ3n) is 6.16. The van der Waals surface area contributed by atoms with Gasteiger partial charge in [-0.2, -0.15) is 4.98 Å². The predicted molar refractivity (Wildman–Crippen MR) is 120 cm³/mol. The standard InChI is InChI=1S/C22H26F2N8O/c1-12-26-17-8-7-16(28-21(17)31(12)11-18(23)24)15-9-10-32-19(15)20(25)29-22(30-32)27-13-3-5-14(33-2)6-4-13/h7-10,13-14,18H,3-6,11H2,1-2H3,(H3,25,27,29,30)/i10D. The third-order valence-corrected chi connectivity index (χ3v) is 6.16. The lowest BCUT2D eigenvalue weighted by Gasteiger charge is -2.24. The smallest absolute Gasteiger partial charge is 0.256 e. The summed E-state index contributed by atoms with van der Waals surface area (Å²) in [7, 11) is 1.73. The van der Waals surface area contributed by atoms with Crippen molar-refractivity contribution < 1.29 is 14.9 Å². The summed E-state index contributed by atoms with van der Waals surface area (Å²) in [5, 5.41) is 3.07. The zero-order valence-electron chi connectivity index (χ0n) is 19.4. The van der Waals surface area contributed by atoms with E-state index in [4.69, 9.17) is 16.8 Å². The van der Waals surface area contributed by atoms with Gasteiger partial charge in [0.25, 0.3) is 6.43 Å². The van der Waals surface area contributed by atoms with E-state index in [1.54, 1.807) is 32.2 Å². The maximum atomic E-state index is 13.1. The Hall–Kier alpha value is -3.34. The second kappa shape index (κ2) is 8.54. The lowest BCUT2D eigenvalue weighted by molar-refractivity contribution is 0.0662. The minimum Gasteiger partial charge on any atom is -0.382 e. The Bertz CT molecular complexity index is 1420. The number of H-pyrrole nitrogens is 1. The molecule has 1 aliphatic carbocycles. The highest BCUT2D eigenvalue weighted by molar-refractivity contribution is 5.88. The second-order valence-electron chi connectivity index (χ2n) is 8.30. The highest BCUT2D eigenvalue weighted by atomic mass is 19.3. The number of nitrogens with zero attached hydrogens (tertiary/aromatic N) is 6. The third kappa shape index (κ3) is 4.08. The molecule has 0 atom stereocenters. The van der Waals surface area contributed by atoms with Gasteiger partial charge in [0.15, 0.2) is 11.5 Å². The lowest BCUT2D eigenvalue weighted by Crippen LogP contribution is -2.27. The number of methoxy groups -OCH3 is 1. The number of nitrogens with two attached hydrogens (primary N) is 1. The van der Waals surface area contributed by atoms with Crippen molar-refractivity contribution in [2.75, 3.05) is 12.8 Å². The second-order valence-corrected chi connectivity index (χ2v) is 8.30. The molecular weight excluding hydrogens is 430 g/mol. The maximum absolute atomic E-state index is 13.1. The van der Waals surface area contributed by atoms with Crippen molar-refractivity contribution in [2.24, 2.45) is 4.99 Å². The van der Waals surface area contributed by atoms with E-state index < -0.39 is 13.0 Å². The maximum Gasteiger partial charge on any atom is 0.256 e. The molecule has 5 rings (SSSR count). The summed E-state index contributed by atoms with van der Waals surface area (Å²) in [5.41, 5.74) is 9.09. The fraction of sp³-hybridized carbons (Fsp3) is 0.455. The van der Waals surface area contributed by atoms with Crippen molar-refractivity contribution in [1.29, 1.82) is 0 Å². The van der Waals surface area contributed by atoms with Crippen LogP contribution in [0.15, 0.2) is 29.4 Å². The molecule has 0 aromatic carbocycles. The molecule has 0 radical (unpaired) electrons. The van der Waals surface area contributed by atoms with Crippen LogP contribution >= 0.6 is 0 Å². The number of hydrogen-bond acceptors (Lipinski definition) is 6. The van der Waals surface area contributed by atoms with E-state index in [0.29, 0.717) is 39.4 Å². The number of anilines is 1. The minimum atomic E-state index is -2.53. The molecule has 174 valence electrons. The van der Waals surface area contributed by atoms with Gasteiger partial charge in [0.1, 0.15) is 16.9 Å². The van der Waals surface area contributed by atoms with Gasteiger partial charge in [-0.05, 0) is 50.8 Å². The van der Waals surface area contributed by atoms with Crippen molar-refractivity contribution in [2.45, 2.75) is 57.7 Å². The van der Waals surface area contributed by atoms with Gasteiger partial charge in [0, 0.05) is 18.8 Å². The number of rotatable bonds is 5. The zero-order valence-corrected chi connectivity index (χ0v) is 18.4. The molecule has 4 aromatic heterocycles. The van der Waals surface area contributed by atoms with Crippen LogP contribution in [0.1, 0.15) is 32.9 Å². The highest BCUT2D eigenvalue weighted by Crippen LogP contribution is 2.28. The quantitative estimate of drug-likeness (QED) is 0.478. The molecule has 0 amide bonds. The van der Waals surface area contributed by atoms with Crippen LogP contribution in [-0.2, 0) is 11.3 Å². The summed E-state index contributed by atoms with van der Waals surface area (Å²) < 4.78 is 43.0. The first-order valence-electron chi connectivity index (χ1n) is 11.4. The number of ether oxygens (including phenoxy) is 1. The Kier molecular flexibility index (Phi) is 5.25. The van der Waals surface area contributed by atoms with Gasteiger partial charge < -0.3 is 15.0 Å². The van der Waals surface area contributed by atoms with Crippen LogP contribution in [0.2, 0.25) is 0 Å². The SMILES string of the molecule is [2H]c1cc(-c2ccc3nc(C)n(CC(F)F)c3n2)c2c(N)nc(=NC3CCC(OC)CC3)[nH]n12. The van der Waals surface area contributed by atoms with Gasteiger partial charge in [-0.15, -0.1) is 0 Å².